The molecular formula is C11H13OY6-3. The van der Waals surface area contributed by atoms with Crippen molar-refractivity contribution in [2.24, 2.45) is 0 Å². The van der Waals surface area contributed by atoms with Crippen molar-refractivity contribution in [1.29, 1.82) is 0 Å². The fourth-order valence-electron chi connectivity index (χ4n) is 0.859. The van der Waals surface area contributed by atoms with E-state index in [9.17, 15) is 4.79 Å². The van der Waals surface area contributed by atoms with Gasteiger partial charge in [-0.15, -0.1) is 0 Å². The third kappa shape index (κ3) is 19.6. The van der Waals surface area contributed by atoms with Gasteiger partial charge in [-0.25, -0.2) is 23.8 Å². The summed E-state index contributed by atoms with van der Waals surface area (Å²) >= 11 is 0. The van der Waals surface area contributed by atoms with Crippen LogP contribution in [-0.2, 0) is 201 Å². The van der Waals surface area contributed by atoms with Gasteiger partial charge in [-0.3, -0.25) is 11.6 Å². The number of carbonyl (C=O) groups excluding carboxylic acids is 1. The zero-order valence-corrected chi connectivity index (χ0v) is 28.2. The van der Waals surface area contributed by atoms with Crippen LogP contribution in [0.15, 0.2) is 18.2 Å². The van der Waals surface area contributed by atoms with Gasteiger partial charge in [0, 0.05) is 196 Å². The molecule has 1 rings (SSSR count). The zero-order valence-electron chi connectivity index (χ0n) is 11.2. The van der Waals surface area contributed by atoms with Crippen LogP contribution in [0.3, 0.4) is 0 Å². The summed E-state index contributed by atoms with van der Waals surface area (Å²) < 4.78 is 0. The van der Waals surface area contributed by atoms with Crippen LogP contribution in [0, 0.1) is 13.5 Å². The molecule has 84 valence electrons. The van der Waals surface area contributed by atoms with Crippen LogP contribution >= 0.6 is 0 Å². The molecule has 0 atom stereocenters. The van der Waals surface area contributed by atoms with E-state index in [0.29, 0.717) is 11.5 Å². The van der Waals surface area contributed by atoms with Crippen LogP contribution < -0.4 is 0 Å². The molecule has 6 radical (unpaired) electrons. The van der Waals surface area contributed by atoms with Crippen molar-refractivity contribution in [2.45, 2.75) is 19.8 Å². The fourth-order valence-corrected chi connectivity index (χ4v) is 0.859. The van der Waals surface area contributed by atoms with Crippen LogP contribution in [0.2, 0.25) is 0 Å². The Bertz CT molecular complexity index is 250. The molecule has 0 aliphatic heterocycles. The molecule has 1 aromatic carbocycles. The zero-order chi connectivity index (χ0) is 8.27. The van der Waals surface area contributed by atoms with E-state index in [4.69, 9.17) is 0 Å². The maximum absolute atomic E-state index is 10.1. The monoisotopic (exact) mass is 695 g/mol. The van der Waals surface area contributed by atoms with Gasteiger partial charge in [0.05, 0.1) is 0 Å². The minimum absolute atomic E-state index is 0. The average Bonchev–Trinajstić information content (AvgIpc) is 2.05. The van der Waals surface area contributed by atoms with E-state index in [0.717, 1.165) is 0 Å². The molecule has 18 heavy (non-hydrogen) atoms. The van der Waals surface area contributed by atoms with Gasteiger partial charge in [0.1, 0.15) is 0 Å². The molecule has 0 saturated heterocycles. The Morgan fingerprint density at radius 1 is 1.00 bits per heavy atom. The summed E-state index contributed by atoms with van der Waals surface area (Å²) in [7, 11) is 0. The summed E-state index contributed by atoms with van der Waals surface area (Å²) in [5.74, 6) is 0.493. The van der Waals surface area contributed by atoms with Crippen molar-refractivity contribution in [2.75, 3.05) is 0 Å². The Morgan fingerprint density at radius 3 is 1.67 bits per heavy atom. The number of hydrogen-bond donors (Lipinski definition) is 0. The molecule has 0 N–H and O–H groups in total. The Hall–Kier alpha value is 5.51. The van der Waals surface area contributed by atoms with Crippen molar-refractivity contribution >= 4 is 6.29 Å². The van der Waals surface area contributed by atoms with Gasteiger partial charge in [-0.1, -0.05) is 19.8 Å². The Kier molecular flexibility index (Phi) is 66.4. The summed E-state index contributed by atoms with van der Waals surface area (Å²) in [5, 5.41) is 0. The molecular weight excluding hydrogens is 682 g/mol. The second kappa shape index (κ2) is 27.4. The molecule has 0 unspecified atom stereocenters. The topological polar surface area (TPSA) is 17.1 Å². The normalized spacial score (nSPS) is 6.17. The van der Waals surface area contributed by atoms with Crippen LogP contribution in [0.1, 0.15) is 30.9 Å². The van der Waals surface area contributed by atoms with Gasteiger partial charge >= 0.3 is 0 Å². The van der Waals surface area contributed by atoms with E-state index in [1.807, 2.05) is 12.1 Å². The van der Waals surface area contributed by atoms with Crippen molar-refractivity contribution in [3.63, 3.8) is 0 Å². The predicted molar refractivity (Wildman–Crippen MR) is 50.6 cm³/mol. The van der Waals surface area contributed by atoms with E-state index in [1.165, 1.54) is 5.56 Å². The maximum Gasteiger partial charge on any atom is 0 e. The molecule has 0 aliphatic rings. The molecule has 0 heterocycles. The molecule has 0 aliphatic carbocycles. The van der Waals surface area contributed by atoms with Crippen molar-refractivity contribution in [1.82, 2.24) is 0 Å². The van der Waals surface area contributed by atoms with E-state index < -0.39 is 0 Å². The fraction of sp³-hybridized carbons (Fsp3) is 0.273. The summed E-state index contributed by atoms with van der Waals surface area (Å²) in [6, 6.07) is 8.35. The van der Waals surface area contributed by atoms with Gasteiger partial charge in [-0.05, 0) is 6.29 Å². The standard InChI is InChI=1S/C10H10O.CH3.6Y/c1-8(2)10-5-3-9(7-11)4-6-10;;;;;;;/h3,5-6,8H,1-2H3;1H3;;;;;;/q-2;-1;;;;;;. The van der Waals surface area contributed by atoms with Gasteiger partial charge in [0.25, 0.3) is 0 Å². The predicted octanol–water partition coefficient (Wildman–Crippen LogP) is 2.50. The number of hydrogen-bond acceptors (Lipinski definition) is 1. The Labute approximate surface area is 263 Å². The SMILES string of the molecule is CC(C)c1c[c-]c([C-]=O)cc1.[CH3-].[Y].[Y].[Y].[Y].[Y].[Y]. The summed E-state index contributed by atoms with van der Waals surface area (Å²) in [6.07, 6.45) is 1.79. The van der Waals surface area contributed by atoms with Crippen LogP contribution in [0.4, 0.5) is 0 Å². The first-order valence-electron chi connectivity index (χ1n) is 3.64. The average molecular weight is 695 g/mol. The van der Waals surface area contributed by atoms with E-state index in [-0.39, 0.29) is 204 Å². The second-order valence-corrected chi connectivity index (χ2v) is 2.79. The minimum Gasteiger partial charge on any atom is -0.420 e. The molecule has 0 saturated carbocycles. The molecule has 7 heteroatoms. The largest absolute Gasteiger partial charge is 0.420 e. The third-order valence-corrected chi connectivity index (χ3v) is 1.61. The molecule has 1 nitrogen and oxygen atoms in total. The number of rotatable bonds is 2. The first-order chi connectivity index (χ1) is 5.24. The van der Waals surface area contributed by atoms with Crippen LogP contribution in [0.25, 0.3) is 0 Å². The Balaban J connectivity index is -0.0000000346. The van der Waals surface area contributed by atoms with Crippen LogP contribution in [-0.4, -0.2) is 6.29 Å². The molecule has 0 spiro atoms. The van der Waals surface area contributed by atoms with Crippen molar-refractivity contribution in [3.05, 3.63) is 42.8 Å². The smallest absolute Gasteiger partial charge is 0 e. The second-order valence-electron chi connectivity index (χ2n) is 2.79. The van der Waals surface area contributed by atoms with Gasteiger partial charge < -0.3 is 12.2 Å². The third-order valence-electron chi connectivity index (χ3n) is 1.61. The van der Waals surface area contributed by atoms with E-state index in [2.05, 4.69) is 19.9 Å². The summed E-state index contributed by atoms with van der Waals surface area (Å²) in [4.78, 5) is 10.1. The molecule has 0 aromatic heterocycles. The van der Waals surface area contributed by atoms with Crippen LogP contribution in [0.5, 0.6) is 0 Å². The maximum atomic E-state index is 10.1. The quantitative estimate of drug-likeness (QED) is 0.436. The van der Waals surface area contributed by atoms with E-state index in [1.54, 1.807) is 12.4 Å². The molecule has 0 bridgehead atoms. The molecule has 0 amide bonds. The first-order valence-corrected chi connectivity index (χ1v) is 3.64. The minimum atomic E-state index is 0. The van der Waals surface area contributed by atoms with Gasteiger partial charge in [0.15, 0.2) is 0 Å². The van der Waals surface area contributed by atoms with Crippen molar-refractivity contribution in [3.8, 4) is 0 Å². The summed E-state index contributed by atoms with van der Waals surface area (Å²) in [6.45, 7) is 4.21. The molecule has 0 fully saturated rings. The van der Waals surface area contributed by atoms with Crippen molar-refractivity contribution < 1.29 is 201 Å². The first kappa shape index (κ1) is 43.7. The van der Waals surface area contributed by atoms with Gasteiger partial charge in [0.2, 0.25) is 0 Å². The number of benzene rings is 1. The van der Waals surface area contributed by atoms with E-state index >= 15 is 0 Å². The summed E-state index contributed by atoms with van der Waals surface area (Å²) in [5.41, 5.74) is 1.69. The molecule has 1 aromatic rings. The van der Waals surface area contributed by atoms with Gasteiger partial charge in [-0.2, -0.15) is 0 Å². The Morgan fingerprint density at radius 2 is 1.44 bits per heavy atom.